The molecule has 0 bridgehead atoms. The first-order chi connectivity index (χ1) is 14.1. The van der Waals surface area contributed by atoms with Crippen molar-refractivity contribution < 1.29 is 27.5 Å². The predicted octanol–water partition coefficient (Wildman–Crippen LogP) is 4.89. The smallest absolute Gasteiger partial charge is 0.416 e. The number of rotatable bonds is 4. The third-order valence-electron chi connectivity index (χ3n) is 4.93. The highest BCUT2D eigenvalue weighted by Crippen LogP contribution is 2.36. The van der Waals surface area contributed by atoms with E-state index in [4.69, 9.17) is 4.74 Å². The molecule has 1 aliphatic heterocycles. The van der Waals surface area contributed by atoms with Gasteiger partial charge in [-0.05, 0) is 37.1 Å². The molecule has 1 heterocycles. The molecule has 2 aromatic carbocycles. The molecule has 0 radical (unpaired) electrons. The Bertz CT molecular complexity index is 1050. The Morgan fingerprint density at radius 3 is 2.30 bits per heavy atom. The fourth-order valence-corrected chi connectivity index (χ4v) is 3.33. The lowest BCUT2D eigenvalue weighted by molar-refractivity contribution is -0.138. The minimum atomic E-state index is -4.60. The first kappa shape index (κ1) is 21.4. The zero-order valence-corrected chi connectivity index (χ0v) is 16.7. The number of nitrogens with zero attached hydrogens (tertiary/aromatic N) is 1. The summed E-state index contributed by atoms with van der Waals surface area (Å²) in [5.41, 5.74) is 0.981. The maximum absolute atomic E-state index is 13.4. The summed E-state index contributed by atoms with van der Waals surface area (Å²) in [4.78, 5) is 26.9. The average Bonchev–Trinajstić information content (AvgIpc) is 2.93. The van der Waals surface area contributed by atoms with Crippen molar-refractivity contribution in [2.24, 2.45) is 0 Å². The first-order valence-corrected chi connectivity index (χ1v) is 9.18. The van der Waals surface area contributed by atoms with E-state index in [9.17, 15) is 22.8 Å². The van der Waals surface area contributed by atoms with Gasteiger partial charge in [0, 0.05) is 5.70 Å². The number of methoxy groups -OCH3 is 1. The number of carbonyl (C=O) groups excluding carboxylic acids is 2. The zero-order valence-electron chi connectivity index (χ0n) is 16.7. The SMILES string of the molecule is COC(=O)C1=C(C)N(Cc2ccc(C)cc2)C(=O)/C1=C\c1ccccc1C(F)(F)F. The van der Waals surface area contributed by atoms with Crippen molar-refractivity contribution in [3.63, 3.8) is 0 Å². The summed E-state index contributed by atoms with van der Waals surface area (Å²) in [5.74, 6) is -1.33. The second kappa shape index (κ2) is 8.18. The number of ether oxygens (including phenoxy) is 1. The van der Waals surface area contributed by atoms with Crippen LogP contribution in [-0.4, -0.2) is 23.9 Å². The monoisotopic (exact) mass is 415 g/mol. The number of halogens is 3. The lowest BCUT2D eigenvalue weighted by Gasteiger charge is -2.18. The maximum Gasteiger partial charge on any atom is 0.416 e. The molecule has 2 aromatic rings. The largest absolute Gasteiger partial charge is 0.465 e. The highest BCUT2D eigenvalue weighted by atomic mass is 19.4. The molecule has 7 heteroatoms. The summed E-state index contributed by atoms with van der Waals surface area (Å²) in [7, 11) is 1.16. The molecular formula is C23H20F3NO3. The van der Waals surface area contributed by atoms with Crippen LogP contribution in [0.3, 0.4) is 0 Å². The minimum Gasteiger partial charge on any atom is -0.465 e. The van der Waals surface area contributed by atoms with Crippen LogP contribution >= 0.6 is 0 Å². The van der Waals surface area contributed by atoms with Gasteiger partial charge < -0.3 is 9.64 Å². The summed E-state index contributed by atoms with van der Waals surface area (Å²) in [6.45, 7) is 3.70. The van der Waals surface area contributed by atoms with E-state index >= 15 is 0 Å². The Morgan fingerprint density at radius 1 is 1.07 bits per heavy atom. The van der Waals surface area contributed by atoms with Crippen molar-refractivity contribution in [1.82, 2.24) is 4.90 Å². The van der Waals surface area contributed by atoms with E-state index in [-0.39, 0.29) is 23.3 Å². The third kappa shape index (κ3) is 4.15. The zero-order chi connectivity index (χ0) is 22.1. The average molecular weight is 415 g/mol. The number of esters is 1. The van der Waals surface area contributed by atoms with Crippen LogP contribution in [0, 0.1) is 6.92 Å². The van der Waals surface area contributed by atoms with Crippen LogP contribution in [0.1, 0.15) is 29.2 Å². The molecule has 0 saturated heterocycles. The van der Waals surface area contributed by atoms with Gasteiger partial charge in [-0.25, -0.2) is 4.79 Å². The molecule has 0 N–H and O–H groups in total. The molecule has 0 aromatic heterocycles. The van der Waals surface area contributed by atoms with E-state index in [1.165, 1.54) is 23.1 Å². The van der Waals surface area contributed by atoms with Crippen molar-refractivity contribution in [2.45, 2.75) is 26.6 Å². The van der Waals surface area contributed by atoms with Gasteiger partial charge in [-0.15, -0.1) is 0 Å². The normalized spacial score (nSPS) is 15.9. The molecular weight excluding hydrogens is 395 g/mol. The van der Waals surface area contributed by atoms with Gasteiger partial charge in [0.05, 0.1) is 30.4 Å². The van der Waals surface area contributed by atoms with E-state index in [0.29, 0.717) is 5.70 Å². The Morgan fingerprint density at radius 2 is 1.70 bits per heavy atom. The molecule has 3 rings (SSSR count). The fraction of sp³-hybridized carbons (Fsp3) is 0.217. The molecule has 0 spiro atoms. The summed E-state index contributed by atoms with van der Waals surface area (Å²) >= 11 is 0. The standard InChI is InChI=1S/C23H20F3NO3/c1-14-8-10-16(11-9-14)13-27-15(2)20(22(29)30-3)18(21(27)28)12-17-6-4-5-7-19(17)23(24,25)26/h4-12H,13H2,1-3H3/b18-12-. The molecule has 0 aliphatic carbocycles. The van der Waals surface area contributed by atoms with E-state index in [1.807, 2.05) is 31.2 Å². The first-order valence-electron chi connectivity index (χ1n) is 9.18. The topological polar surface area (TPSA) is 46.6 Å². The Hall–Kier alpha value is -3.35. The van der Waals surface area contributed by atoms with Gasteiger partial charge in [0.1, 0.15) is 0 Å². The highest BCUT2D eigenvalue weighted by Gasteiger charge is 2.38. The second-order valence-electron chi connectivity index (χ2n) is 6.97. The minimum absolute atomic E-state index is 0.0356. The Kier molecular flexibility index (Phi) is 5.82. The molecule has 0 unspecified atom stereocenters. The quantitative estimate of drug-likeness (QED) is 0.528. The number of benzene rings is 2. The fourth-order valence-electron chi connectivity index (χ4n) is 3.33. The Balaban J connectivity index is 2.08. The van der Waals surface area contributed by atoms with E-state index in [1.54, 1.807) is 6.92 Å². The number of hydrogen-bond donors (Lipinski definition) is 0. The molecule has 0 fully saturated rings. The third-order valence-corrected chi connectivity index (χ3v) is 4.93. The van der Waals surface area contributed by atoms with Crippen LogP contribution in [0.2, 0.25) is 0 Å². The molecule has 4 nitrogen and oxygen atoms in total. The van der Waals surface area contributed by atoms with Crippen LogP contribution in [0.4, 0.5) is 13.2 Å². The van der Waals surface area contributed by atoms with E-state index in [2.05, 4.69) is 0 Å². The van der Waals surface area contributed by atoms with Gasteiger partial charge in [-0.3, -0.25) is 4.79 Å². The van der Waals surface area contributed by atoms with Crippen molar-refractivity contribution in [3.05, 3.63) is 87.6 Å². The number of carbonyl (C=O) groups is 2. The highest BCUT2D eigenvalue weighted by molar-refractivity contribution is 6.16. The molecule has 156 valence electrons. The van der Waals surface area contributed by atoms with Gasteiger partial charge in [0.25, 0.3) is 5.91 Å². The number of hydrogen-bond acceptors (Lipinski definition) is 3. The van der Waals surface area contributed by atoms with Crippen LogP contribution in [0.15, 0.2) is 65.4 Å². The number of alkyl halides is 3. The maximum atomic E-state index is 13.4. The van der Waals surface area contributed by atoms with Crippen LogP contribution in [0.5, 0.6) is 0 Å². The van der Waals surface area contributed by atoms with Gasteiger partial charge in [-0.1, -0.05) is 48.0 Å². The molecule has 0 atom stereocenters. The number of allylic oxidation sites excluding steroid dienone is 1. The lowest BCUT2D eigenvalue weighted by Crippen LogP contribution is -2.24. The Labute approximate surface area is 172 Å². The molecule has 0 saturated carbocycles. The van der Waals surface area contributed by atoms with E-state index < -0.39 is 23.6 Å². The summed E-state index contributed by atoms with van der Waals surface area (Å²) in [6, 6.07) is 12.4. The lowest BCUT2D eigenvalue weighted by atomic mass is 10.00. The van der Waals surface area contributed by atoms with Gasteiger partial charge in [-0.2, -0.15) is 13.2 Å². The predicted molar refractivity (Wildman–Crippen MR) is 106 cm³/mol. The molecule has 30 heavy (non-hydrogen) atoms. The van der Waals surface area contributed by atoms with Gasteiger partial charge >= 0.3 is 12.1 Å². The number of aryl methyl sites for hydroxylation is 1. The van der Waals surface area contributed by atoms with Crippen LogP contribution in [0.25, 0.3) is 6.08 Å². The van der Waals surface area contributed by atoms with Gasteiger partial charge in [0.2, 0.25) is 0 Å². The summed E-state index contributed by atoms with van der Waals surface area (Å²) in [6.07, 6.45) is -3.49. The van der Waals surface area contributed by atoms with Crippen LogP contribution in [-0.2, 0) is 27.0 Å². The summed E-state index contributed by atoms with van der Waals surface area (Å²) in [5, 5.41) is 0. The second-order valence-corrected chi connectivity index (χ2v) is 6.97. The van der Waals surface area contributed by atoms with E-state index in [0.717, 1.165) is 30.4 Å². The van der Waals surface area contributed by atoms with Crippen molar-refractivity contribution in [1.29, 1.82) is 0 Å². The van der Waals surface area contributed by atoms with Crippen LogP contribution < -0.4 is 0 Å². The number of amides is 1. The molecule has 1 aliphatic rings. The molecule has 1 amide bonds. The van der Waals surface area contributed by atoms with Gasteiger partial charge in [0.15, 0.2) is 0 Å². The van der Waals surface area contributed by atoms with Crippen molar-refractivity contribution in [2.75, 3.05) is 7.11 Å². The summed E-state index contributed by atoms with van der Waals surface area (Å²) < 4.78 is 45.0. The van der Waals surface area contributed by atoms with Crippen molar-refractivity contribution in [3.8, 4) is 0 Å². The van der Waals surface area contributed by atoms with Crippen molar-refractivity contribution >= 4 is 18.0 Å².